The van der Waals surface area contributed by atoms with Crippen molar-refractivity contribution in [3.8, 4) is 11.4 Å². The van der Waals surface area contributed by atoms with Gasteiger partial charge in [0, 0.05) is 45.0 Å². The van der Waals surface area contributed by atoms with Gasteiger partial charge in [-0.05, 0) is 13.0 Å². The standard InChI is InChI=1S/C25H29N9O/c1-17-5-4-6-18(13-17)23-26-7-8-34(30-23)21-14-20(33-9-11-35-12-10-33)22-25(28-21)32(3)24(29-22)19-15-27-31(2)16-19/h4-6,13-16H,7-12H2,1-3H3,(H,26,30). The van der Waals surface area contributed by atoms with Crippen molar-refractivity contribution in [2.75, 3.05) is 49.3 Å². The Balaban J connectivity index is 1.43. The predicted octanol–water partition coefficient (Wildman–Crippen LogP) is 2.29. The van der Waals surface area contributed by atoms with Crippen LogP contribution in [0.1, 0.15) is 11.1 Å². The van der Waals surface area contributed by atoms with Crippen LogP contribution in [0.4, 0.5) is 11.5 Å². The van der Waals surface area contributed by atoms with Crippen molar-refractivity contribution in [3.05, 3.63) is 53.9 Å². The average molecular weight is 472 g/mol. The van der Waals surface area contributed by atoms with Crippen LogP contribution in [0.15, 0.2) is 47.7 Å². The van der Waals surface area contributed by atoms with Gasteiger partial charge in [0.25, 0.3) is 0 Å². The molecule has 35 heavy (non-hydrogen) atoms. The number of nitrogens with one attached hydrogen (secondary N) is 1. The molecule has 5 heterocycles. The van der Waals surface area contributed by atoms with E-state index in [1.807, 2.05) is 26.5 Å². The molecule has 1 saturated heterocycles. The molecule has 2 aliphatic rings. The van der Waals surface area contributed by atoms with Crippen LogP contribution in [0.2, 0.25) is 0 Å². The van der Waals surface area contributed by atoms with Crippen LogP contribution in [-0.2, 0) is 18.8 Å². The summed E-state index contributed by atoms with van der Waals surface area (Å²) in [5.41, 5.74) is 9.54. The second-order valence-corrected chi connectivity index (χ2v) is 9.03. The largest absolute Gasteiger partial charge is 0.378 e. The molecule has 0 spiro atoms. The fourth-order valence-corrected chi connectivity index (χ4v) is 4.70. The summed E-state index contributed by atoms with van der Waals surface area (Å²) in [7, 11) is 3.93. The number of hydrazine groups is 1. The molecule has 4 aromatic rings. The van der Waals surface area contributed by atoms with Crippen molar-refractivity contribution in [3.63, 3.8) is 0 Å². The van der Waals surface area contributed by atoms with Gasteiger partial charge in [-0.2, -0.15) is 5.10 Å². The Morgan fingerprint density at radius 3 is 2.63 bits per heavy atom. The van der Waals surface area contributed by atoms with Gasteiger partial charge in [-0.1, -0.05) is 23.8 Å². The maximum absolute atomic E-state index is 5.62. The van der Waals surface area contributed by atoms with Crippen LogP contribution >= 0.6 is 0 Å². The zero-order valence-electron chi connectivity index (χ0n) is 20.3. The number of nitrogens with zero attached hydrogens (tertiary/aromatic N) is 8. The van der Waals surface area contributed by atoms with Crippen LogP contribution in [0, 0.1) is 6.92 Å². The van der Waals surface area contributed by atoms with E-state index in [4.69, 9.17) is 19.7 Å². The Morgan fingerprint density at radius 2 is 1.86 bits per heavy atom. The van der Waals surface area contributed by atoms with Crippen LogP contribution in [0.5, 0.6) is 0 Å². The number of morpholine rings is 1. The highest BCUT2D eigenvalue weighted by molar-refractivity contribution is 6.00. The Labute approximate surface area is 203 Å². The minimum Gasteiger partial charge on any atom is -0.378 e. The number of aliphatic imine (C=N–C) groups is 1. The number of hydrogen-bond acceptors (Lipinski definition) is 8. The zero-order chi connectivity index (χ0) is 23.9. The highest BCUT2D eigenvalue weighted by Crippen LogP contribution is 2.33. The first kappa shape index (κ1) is 21.6. The van der Waals surface area contributed by atoms with Gasteiger partial charge in [0.2, 0.25) is 0 Å². The fraction of sp³-hybridized carbons (Fsp3) is 0.360. The summed E-state index contributed by atoms with van der Waals surface area (Å²) in [4.78, 5) is 17.2. The molecule has 10 heteroatoms. The van der Waals surface area contributed by atoms with Gasteiger partial charge in [-0.15, -0.1) is 0 Å². The fourth-order valence-electron chi connectivity index (χ4n) is 4.70. The van der Waals surface area contributed by atoms with E-state index in [9.17, 15) is 0 Å². The Bertz CT molecular complexity index is 1410. The molecule has 10 nitrogen and oxygen atoms in total. The van der Waals surface area contributed by atoms with E-state index in [0.29, 0.717) is 19.8 Å². The first-order chi connectivity index (χ1) is 17.1. The number of aryl methyl sites for hydroxylation is 3. The summed E-state index contributed by atoms with van der Waals surface area (Å²) < 4.78 is 9.47. The van der Waals surface area contributed by atoms with Crippen LogP contribution in [0.25, 0.3) is 22.6 Å². The Kier molecular flexibility index (Phi) is 5.37. The van der Waals surface area contributed by atoms with E-state index in [0.717, 1.165) is 65.1 Å². The third-order valence-electron chi connectivity index (χ3n) is 6.51. The van der Waals surface area contributed by atoms with E-state index in [2.05, 4.69) is 62.3 Å². The number of ether oxygens (including phenoxy) is 1. The maximum atomic E-state index is 5.62. The van der Waals surface area contributed by atoms with Gasteiger partial charge in [-0.3, -0.25) is 20.1 Å². The summed E-state index contributed by atoms with van der Waals surface area (Å²) in [6, 6.07) is 10.5. The molecular weight excluding hydrogens is 442 g/mol. The molecule has 0 bridgehead atoms. The summed E-state index contributed by atoms with van der Waals surface area (Å²) in [6.07, 6.45) is 3.82. The lowest BCUT2D eigenvalue weighted by Gasteiger charge is -2.32. The van der Waals surface area contributed by atoms with E-state index in [1.165, 1.54) is 5.56 Å². The normalized spacial score (nSPS) is 16.5. The van der Waals surface area contributed by atoms with Crippen LogP contribution in [-0.4, -0.2) is 69.5 Å². The number of hydrogen-bond donors (Lipinski definition) is 1. The third kappa shape index (κ3) is 3.99. The molecule has 0 unspecified atom stereocenters. The first-order valence-corrected chi connectivity index (χ1v) is 11.9. The van der Waals surface area contributed by atoms with Crippen molar-refractivity contribution in [1.82, 2.24) is 29.7 Å². The molecule has 2 aliphatic heterocycles. The lowest BCUT2D eigenvalue weighted by molar-refractivity contribution is 0.123. The second kappa shape index (κ2) is 8.70. The number of amidine groups is 1. The molecule has 180 valence electrons. The van der Waals surface area contributed by atoms with Gasteiger partial charge in [-0.25, -0.2) is 9.97 Å². The van der Waals surface area contributed by atoms with Gasteiger partial charge in [0.1, 0.15) is 17.2 Å². The second-order valence-electron chi connectivity index (χ2n) is 9.03. The number of imidazole rings is 1. The number of anilines is 2. The molecule has 6 rings (SSSR count). The minimum atomic E-state index is 0.690. The lowest BCUT2D eigenvalue weighted by atomic mass is 10.1. The van der Waals surface area contributed by atoms with Crippen molar-refractivity contribution in [2.24, 2.45) is 19.1 Å². The van der Waals surface area contributed by atoms with Gasteiger partial charge in [0.15, 0.2) is 11.5 Å². The summed E-state index contributed by atoms with van der Waals surface area (Å²) >= 11 is 0. The molecule has 3 aromatic heterocycles. The minimum absolute atomic E-state index is 0.690. The summed E-state index contributed by atoms with van der Waals surface area (Å²) in [5, 5.41) is 6.42. The number of rotatable bonds is 4. The number of pyridine rings is 1. The summed E-state index contributed by atoms with van der Waals surface area (Å²) in [5.74, 6) is 2.55. The predicted molar refractivity (Wildman–Crippen MR) is 137 cm³/mol. The molecule has 0 aliphatic carbocycles. The molecule has 1 fully saturated rings. The van der Waals surface area contributed by atoms with E-state index in [-0.39, 0.29) is 0 Å². The van der Waals surface area contributed by atoms with Crippen LogP contribution < -0.4 is 15.3 Å². The van der Waals surface area contributed by atoms with Crippen molar-refractivity contribution < 1.29 is 4.74 Å². The number of benzene rings is 1. The van der Waals surface area contributed by atoms with Gasteiger partial charge >= 0.3 is 0 Å². The highest BCUT2D eigenvalue weighted by atomic mass is 16.5. The molecule has 0 radical (unpaired) electrons. The van der Waals surface area contributed by atoms with Crippen molar-refractivity contribution >= 4 is 28.5 Å². The summed E-state index contributed by atoms with van der Waals surface area (Å²) in [6.45, 7) is 6.55. The zero-order valence-corrected chi connectivity index (χ0v) is 20.3. The quantitative estimate of drug-likeness (QED) is 0.489. The molecule has 0 atom stereocenters. The smallest absolute Gasteiger partial charge is 0.164 e. The van der Waals surface area contributed by atoms with Gasteiger partial charge in [0.05, 0.1) is 43.8 Å². The molecule has 0 saturated carbocycles. The topological polar surface area (TPSA) is 88.6 Å². The van der Waals surface area contributed by atoms with E-state index < -0.39 is 0 Å². The average Bonchev–Trinajstić information content (AvgIpc) is 3.47. The number of fused-ring (bicyclic) bond motifs is 1. The van der Waals surface area contributed by atoms with Gasteiger partial charge < -0.3 is 14.2 Å². The van der Waals surface area contributed by atoms with Crippen molar-refractivity contribution in [2.45, 2.75) is 6.92 Å². The SMILES string of the molecule is Cc1cccc(C2=NCCN(c3cc(N4CCOCC4)c4nc(-c5cnn(C)c5)n(C)c4n3)N2)c1. The monoisotopic (exact) mass is 471 g/mol. The lowest BCUT2D eigenvalue weighted by Crippen LogP contribution is -2.48. The highest BCUT2D eigenvalue weighted by Gasteiger charge is 2.24. The maximum Gasteiger partial charge on any atom is 0.164 e. The van der Waals surface area contributed by atoms with E-state index in [1.54, 1.807) is 4.68 Å². The van der Waals surface area contributed by atoms with E-state index >= 15 is 0 Å². The molecule has 1 aromatic carbocycles. The first-order valence-electron chi connectivity index (χ1n) is 11.9. The Morgan fingerprint density at radius 1 is 1.00 bits per heavy atom. The molecule has 1 N–H and O–H groups in total. The van der Waals surface area contributed by atoms with Crippen molar-refractivity contribution in [1.29, 1.82) is 0 Å². The number of aromatic nitrogens is 5. The van der Waals surface area contributed by atoms with Crippen LogP contribution in [0.3, 0.4) is 0 Å². The molecular formula is C25H29N9O. The Hall–Kier alpha value is -3.92. The third-order valence-corrected chi connectivity index (χ3v) is 6.51. The molecule has 0 amide bonds.